The van der Waals surface area contributed by atoms with Crippen LogP contribution in [-0.4, -0.2) is 4.57 Å². The van der Waals surface area contributed by atoms with Crippen molar-refractivity contribution in [3.8, 4) is 39.1 Å². The van der Waals surface area contributed by atoms with E-state index in [1.54, 1.807) is 0 Å². The van der Waals surface area contributed by atoms with Crippen molar-refractivity contribution in [2.75, 3.05) is 4.90 Å². The van der Waals surface area contributed by atoms with E-state index < -0.39 is 0 Å². The van der Waals surface area contributed by atoms with Crippen LogP contribution in [0.25, 0.3) is 71.6 Å². The van der Waals surface area contributed by atoms with Gasteiger partial charge in [-0.15, -0.1) is 0 Å². The van der Waals surface area contributed by atoms with E-state index in [0.29, 0.717) is 0 Å². The second-order valence-electron chi connectivity index (χ2n) is 17.7. The van der Waals surface area contributed by atoms with E-state index in [-0.39, 0.29) is 10.8 Å². The van der Waals surface area contributed by atoms with Gasteiger partial charge in [-0.1, -0.05) is 179 Å². The van der Waals surface area contributed by atoms with Gasteiger partial charge in [-0.3, -0.25) is 0 Å². The highest BCUT2D eigenvalue weighted by molar-refractivity contribution is 6.11. The zero-order chi connectivity index (χ0) is 40.3. The molecule has 0 bridgehead atoms. The number of benzene rings is 9. The van der Waals surface area contributed by atoms with Gasteiger partial charge in [0.25, 0.3) is 0 Å². The van der Waals surface area contributed by atoms with Crippen molar-refractivity contribution >= 4 is 49.6 Å². The van der Waals surface area contributed by atoms with Crippen molar-refractivity contribution in [3.63, 3.8) is 0 Å². The molecule has 1 aromatic heterocycles. The van der Waals surface area contributed by atoms with Crippen LogP contribution in [0.5, 0.6) is 0 Å². The molecule has 0 fully saturated rings. The molecule has 60 heavy (non-hydrogen) atoms. The Morgan fingerprint density at radius 3 is 1.40 bits per heavy atom. The van der Waals surface area contributed by atoms with Crippen molar-refractivity contribution in [3.05, 3.63) is 216 Å². The van der Waals surface area contributed by atoms with Gasteiger partial charge in [0.05, 0.1) is 28.1 Å². The monoisotopic (exact) mass is 768 g/mol. The Labute approximate surface area is 351 Å². The van der Waals surface area contributed by atoms with Gasteiger partial charge in [-0.25, -0.2) is 0 Å². The van der Waals surface area contributed by atoms with Gasteiger partial charge in [0.1, 0.15) is 0 Å². The number of hydrogen-bond acceptors (Lipinski definition) is 1. The zero-order valence-corrected chi connectivity index (χ0v) is 34.4. The number of nitrogens with zero attached hydrogens (tertiary/aromatic N) is 2. The third-order valence-corrected chi connectivity index (χ3v) is 13.8. The molecule has 2 aliphatic rings. The average Bonchev–Trinajstić information content (AvgIpc) is 3.84. The largest absolute Gasteiger partial charge is 0.309 e. The number of fused-ring (bicyclic) bond motifs is 10. The molecule has 2 aliphatic carbocycles. The molecule has 1 heterocycles. The van der Waals surface area contributed by atoms with Gasteiger partial charge in [0.15, 0.2) is 0 Å². The van der Waals surface area contributed by atoms with Crippen molar-refractivity contribution in [2.24, 2.45) is 0 Å². The molecule has 0 saturated heterocycles. The predicted octanol–water partition coefficient (Wildman–Crippen LogP) is 15.7. The summed E-state index contributed by atoms with van der Waals surface area (Å²) in [6.45, 7) is 9.51. The Balaban J connectivity index is 1.12. The lowest BCUT2D eigenvalue weighted by molar-refractivity contribution is 0.660. The first-order valence-corrected chi connectivity index (χ1v) is 21.2. The SMILES string of the molecule is CC1(C)c2ccccc2-c2c(N(c3cccc4c3-c3ccccc3C4(C)C)c3ccc(-c4cccc(-n5c6ccccc6c6ccccc65)c4)c4ccccc34)cccc21. The third-order valence-electron chi connectivity index (χ3n) is 13.8. The summed E-state index contributed by atoms with van der Waals surface area (Å²) in [5.41, 5.74) is 20.0. The number of para-hydroxylation sites is 2. The average molecular weight is 769 g/mol. The summed E-state index contributed by atoms with van der Waals surface area (Å²) >= 11 is 0. The van der Waals surface area contributed by atoms with Gasteiger partial charge < -0.3 is 9.47 Å². The van der Waals surface area contributed by atoms with Crippen LogP contribution in [0, 0.1) is 0 Å². The molecule has 286 valence electrons. The highest BCUT2D eigenvalue weighted by atomic mass is 15.2. The first kappa shape index (κ1) is 34.8. The minimum atomic E-state index is -0.131. The van der Waals surface area contributed by atoms with Crippen molar-refractivity contribution < 1.29 is 0 Å². The Kier molecular flexibility index (Phi) is 7.36. The smallest absolute Gasteiger partial charge is 0.0543 e. The van der Waals surface area contributed by atoms with Crippen molar-refractivity contribution in [1.29, 1.82) is 0 Å². The lowest BCUT2D eigenvalue weighted by Crippen LogP contribution is -2.17. The molecule has 0 aliphatic heterocycles. The molecule has 2 heteroatoms. The van der Waals surface area contributed by atoms with Crippen LogP contribution >= 0.6 is 0 Å². The number of aromatic nitrogens is 1. The summed E-state index contributed by atoms with van der Waals surface area (Å²) < 4.78 is 2.41. The van der Waals surface area contributed by atoms with Gasteiger partial charge >= 0.3 is 0 Å². The summed E-state index contributed by atoms with van der Waals surface area (Å²) in [6.07, 6.45) is 0. The van der Waals surface area contributed by atoms with Crippen molar-refractivity contribution in [1.82, 2.24) is 4.57 Å². The van der Waals surface area contributed by atoms with E-state index in [1.165, 1.54) is 105 Å². The molecule has 0 radical (unpaired) electrons. The predicted molar refractivity (Wildman–Crippen MR) is 254 cm³/mol. The lowest BCUT2D eigenvalue weighted by atomic mass is 9.82. The molecule has 0 spiro atoms. The first-order chi connectivity index (χ1) is 29.3. The zero-order valence-electron chi connectivity index (χ0n) is 34.4. The number of rotatable bonds is 5. The number of anilines is 3. The standard InChI is InChI=1S/C58H44N2/c1-57(2)46-26-11-7-24-44(46)55-48(57)28-16-32-53(55)60(54-33-17-29-49-56(54)45-25-8-12-27-47(45)58(49,3)4)52-35-34-39(40-20-5-6-21-41(40)52)37-18-15-19-38(36-37)59-50-30-13-9-22-42(50)43-23-10-14-31-51(43)59/h5-36H,1-4H3. The molecule has 0 atom stereocenters. The summed E-state index contributed by atoms with van der Waals surface area (Å²) in [4.78, 5) is 2.59. The van der Waals surface area contributed by atoms with Crippen molar-refractivity contribution in [2.45, 2.75) is 38.5 Å². The van der Waals surface area contributed by atoms with Gasteiger partial charge in [-0.2, -0.15) is 0 Å². The van der Waals surface area contributed by atoms with Crippen LogP contribution < -0.4 is 4.90 Å². The Morgan fingerprint density at radius 2 is 0.817 bits per heavy atom. The fraction of sp³-hybridized carbons (Fsp3) is 0.103. The topological polar surface area (TPSA) is 8.17 Å². The Bertz CT molecular complexity index is 3230. The van der Waals surface area contributed by atoms with E-state index >= 15 is 0 Å². The molecule has 2 nitrogen and oxygen atoms in total. The fourth-order valence-corrected chi connectivity index (χ4v) is 11.0. The first-order valence-electron chi connectivity index (χ1n) is 21.2. The van der Waals surface area contributed by atoms with Gasteiger partial charge in [0, 0.05) is 43.8 Å². The van der Waals surface area contributed by atoms with Crippen LogP contribution in [0.4, 0.5) is 17.1 Å². The van der Waals surface area contributed by atoms with Gasteiger partial charge in [-0.05, 0) is 92.4 Å². The second kappa shape index (κ2) is 12.7. The maximum absolute atomic E-state index is 2.59. The van der Waals surface area contributed by atoms with E-state index in [4.69, 9.17) is 0 Å². The van der Waals surface area contributed by atoms with E-state index in [0.717, 1.165) is 5.69 Å². The van der Waals surface area contributed by atoms with Crippen LogP contribution in [0.1, 0.15) is 49.9 Å². The third kappa shape index (κ3) is 4.76. The molecule has 0 unspecified atom stereocenters. The normalized spacial score (nSPS) is 14.3. The second-order valence-corrected chi connectivity index (χ2v) is 17.7. The quantitative estimate of drug-likeness (QED) is 0.169. The minimum Gasteiger partial charge on any atom is -0.309 e. The molecule has 0 N–H and O–H groups in total. The minimum absolute atomic E-state index is 0.131. The van der Waals surface area contributed by atoms with E-state index in [9.17, 15) is 0 Å². The lowest BCUT2D eigenvalue weighted by Gasteiger charge is -2.32. The van der Waals surface area contributed by atoms with Crippen LogP contribution in [0.3, 0.4) is 0 Å². The summed E-state index contributed by atoms with van der Waals surface area (Å²) in [5.74, 6) is 0. The molecular weight excluding hydrogens is 725 g/mol. The van der Waals surface area contributed by atoms with Crippen LogP contribution in [0.2, 0.25) is 0 Å². The number of hydrogen-bond donors (Lipinski definition) is 0. The molecule has 9 aromatic carbocycles. The molecule has 0 amide bonds. The molecule has 10 aromatic rings. The molecule has 12 rings (SSSR count). The van der Waals surface area contributed by atoms with E-state index in [2.05, 4.69) is 231 Å². The summed E-state index contributed by atoms with van der Waals surface area (Å²) in [5, 5.41) is 4.97. The molecular formula is C58H44N2. The maximum atomic E-state index is 2.59. The highest BCUT2D eigenvalue weighted by Crippen LogP contribution is 2.58. The fourth-order valence-electron chi connectivity index (χ4n) is 11.0. The summed E-state index contributed by atoms with van der Waals surface area (Å²) in [6, 6.07) is 72.3. The van der Waals surface area contributed by atoms with E-state index in [1.807, 2.05) is 0 Å². The molecule has 0 saturated carbocycles. The Morgan fingerprint density at radius 1 is 0.350 bits per heavy atom. The van der Waals surface area contributed by atoms with Gasteiger partial charge in [0.2, 0.25) is 0 Å². The maximum Gasteiger partial charge on any atom is 0.0543 e. The van der Waals surface area contributed by atoms with Crippen LogP contribution in [0.15, 0.2) is 194 Å². The summed E-state index contributed by atoms with van der Waals surface area (Å²) in [7, 11) is 0. The van der Waals surface area contributed by atoms with Crippen LogP contribution in [-0.2, 0) is 10.8 Å². The Hall–Kier alpha value is -7.16. The highest BCUT2D eigenvalue weighted by Gasteiger charge is 2.41.